The number of carbonyl (C=O) groups excluding carboxylic acids is 2. The number of hydrogen-bond acceptors (Lipinski definition) is 4. The predicted octanol–water partition coefficient (Wildman–Crippen LogP) is 4.99. The van der Waals surface area contributed by atoms with Gasteiger partial charge in [-0.2, -0.15) is 0 Å². The molecule has 35 heavy (non-hydrogen) atoms. The Kier molecular flexibility index (Phi) is 7.73. The van der Waals surface area contributed by atoms with Crippen molar-refractivity contribution in [2.45, 2.75) is 75.8 Å². The van der Waals surface area contributed by atoms with Crippen molar-refractivity contribution >= 4 is 18.0 Å². The fourth-order valence-corrected chi connectivity index (χ4v) is 5.53. The minimum atomic E-state index is -0.946. The highest BCUT2D eigenvalue weighted by atomic mass is 16.5. The molecule has 186 valence electrons. The molecule has 2 aromatic rings. The summed E-state index contributed by atoms with van der Waals surface area (Å²) in [6, 6.07) is 16.0. The number of amides is 2. The van der Waals surface area contributed by atoms with E-state index in [1.54, 1.807) is 6.92 Å². The van der Waals surface area contributed by atoms with Crippen molar-refractivity contribution in [2.75, 3.05) is 6.61 Å². The quantitative estimate of drug-likeness (QED) is 0.471. The zero-order valence-electron chi connectivity index (χ0n) is 20.2. The number of hydrogen-bond donors (Lipinski definition) is 3. The molecule has 0 heterocycles. The molecule has 0 aliphatic heterocycles. The highest BCUT2D eigenvalue weighted by Crippen LogP contribution is 2.44. The second-order valence-electron chi connectivity index (χ2n) is 9.86. The minimum Gasteiger partial charge on any atom is -0.481 e. The topological polar surface area (TPSA) is 105 Å². The molecule has 1 fully saturated rings. The monoisotopic (exact) mass is 478 g/mol. The van der Waals surface area contributed by atoms with Crippen molar-refractivity contribution in [3.05, 3.63) is 59.7 Å². The zero-order valence-corrected chi connectivity index (χ0v) is 20.2. The van der Waals surface area contributed by atoms with Gasteiger partial charge in [0.1, 0.15) is 6.61 Å². The van der Waals surface area contributed by atoms with Crippen LogP contribution in [0.2, 0.25) is 0 Å². The van der Waals surface area contributed by atoms with Crippen LogP contribution in [-0.2, 0) is 14.3 Å². The van der Waals surface area contributed by atoms with E-state index in [4.69, 9.17) is 9.84 Å². The fraction of sp³-hybridized carbons (Fsp3) is 0.464. The lowest BCUT2D eigenvalue weighted by molar-refractivity contribution is -0.137. The van der Waals surface area contributed by atoms with Crippen molar-refractivity contribution in [3.63, 3.8) is 0 Å². The highest BCUT2D eigenvalue weighted by molar-refractivity contribution is 5.79. The predicted molar refractivity (Wildman–Crippen MR) is 133 cm³/mol. The maximum Gasteiger partial charge on any atom is 0.407 e. The molecule has 7 heteroatoms. The summed E-state index contributed by atoms with van der Waals surface area (Å²) < 4.78 is 5.77. The molecule has 2 aliphatic carbocycles. The van der Waals surface area contributed by atoms with Gasteiger partial charge in [-0.3, -0.25) is 9.59 Å². The molecular formula is C28H34N2O5. The van der Waals surface area contributed by atoms with Crippen molar-refractivity contribution in [1.29, 1.82) is 0 Å². The van der Waals surface area contributed by atoms with Gasteiger partial charge >= 0.3 is 12.1 Å². The average molecular weight is 479 g/mol. The van der Waals surface area contributed by atoms with Gasteiger partial charge in [0.25, 0.3) is 0 Å². The molecule has 0 aromatic heterocycles. The van der Waals surface area contributed by atoms with Crippen molar-refractivity contribution in [3.8, 4) is 11.1 Å². The summed E-state index contributed by atoms with van der Waals surface area (Å²) in [7, 11) is 0. The lowest BCUT2D eigenvalue weighted by Gasteiger charge is -2.38. The molecule has 1 atom stereocenters. The summed E-state index contributed by atoms with van der Waals surface area (Å²) in [5, 5.41) is 14.7. The second kappa shape index (κ2) is 10.9. The zero-order chi connectivity index (χ0) is 24.8. The molecule has 3 N–H and O–H groups in total. The van der Waals surface area contributed by atoms with E-state index < -0.39 is 23.6 Å². The maximum absolute atomic E-state index is 12.9. The van der Waals surface area contributed by atoms with Gasteiger partial charge in [-0.15, -0.1) is 0 Å². The van der Waals surface area contributed by atoms with Crippen LogP contribution in [0.4, 0.5) is 4.79 Å². The minimum absolute atomic E-state index is 0.00282. The summed E-state index contributed by atoms with van der Waals surface area (Å²) in [5.74, 6) is -1.14. The van der Waals surface area contributed by atoms with Gasteiger partial charge in [0, 0.05) is 23.9 Å². The van der Waals surface area contributed by atoms with Gasteiger partial charge in [-0.1, -0.05) is 67.8 Å². The third-order valence-electron chi connectivity index (χ3n) is 7.24. The molecule has 0 spiro atoms. The molecule has 7 nitrogen and oxygen atoms in total. The molecular weight excluding hydrogens is 444 g/mol. The average Bonchev–Trinajstić information content (AvgIpc) is 3.15. The molecule has 1 saturated carbocycles. The number of fused-ring (bicyclic) bond motifs is 3. The van der Waals surface area contributed by atoms with Crippen LogP contribution < -0.4 is 10.6 Å². The van der Waals surface area contributed by atoms with E-state index in [-0.39, 0.29) is 31.3 Å². The Bertz CT molecular complexity index is 1030. The van der Waals surface area contributed by atoms with Gasteiger partial charge < -0.3 is 20.5 Å². The Balaban J connectivity index is 1.36. The van der Waals surface area contributed by atoms with Crippen molar-refractivity contribution in [1.82, 2.24) is 10.6 Å². The molecule has 0 bridgehead atoms. The molecule has 2 aromatic carbocycles. The summed E-state index contributed by atoms with van der Waals surface area (Å²) >= 11 is 0. The first kappa shape index (κ1) is 24.8. The maximum atomic E-state index is 12.9. The summed E-state index contributed by atoms with van der Waals surface area (Å²) in [6.07, 6.45) is 4.85. The fourth-order valence-electron chi connectivity index (χ4n) is 5.53. The van der Waals surface area contributed by atoms with E-state index in [0.717, 1.165) is 32.1 Å². The first-order chi connectivity index (χ1) is 16.9. The first-order valence-electron chi connectivity index (χ1n) is 12.5. The van der Waals surface area contributed by atoms with Crippen LogP contribution in [0.1, 0.15) is 75.3 Å². The van der Waals surface area contributed by atoms with Gasteiger partial charge in [0.2, 0.25) is 5.91 Å². The number of alkyl carbamates (subject to hydrolysis) is 1. The van der Waals surface area contributed by atoms with E-state index in [1.807, 2.05) is 24.3 Å². The van der Waals surface area contributed by atoms with E-state index in [1.165, 1.54) is 22.3 Å². The Morgan fingerprint density at radius 3 is 2.20 bits per heavy atom. The standard InChI is InChI=1S/C28H34N2O5/c1-19(17-26(32)33)29-25(31)13-16-28(14-7-2-8-15-28)30-27(34)35-18-24-22-11-5-3-9-20(22)21-10-4-6-12-23(21)24/h3-6,9-12,19,24H,2,7-8,13-18H2,1H3,(H,29,31)(H,30,34)(H,32,33)/t19-/m0/s1. The SMILES string of the molecule is C[C@@H](CC(=O)O)NC(=O)CCC1(NC(=O)OCC2c3ccccc3-c3ccccc32)CCCCC1. The Hall–Kier alpha value is -3.35. The molecule has 4 rings (SSSR count). The van der Waals surface area contributed by atoms with Crippen LogP contribution in [-0.4, -0.2) is 41.3 Å². The summed E-state index contributed by atoms with van der Waals surface area (Å²) in [6.45, 7) is 1.93. The second-order valence-corrected chi connectivity index (χ2v) is 9.86. The number of carboxylic acids is 1. The highest BCUT2D eigenvalue weighted by Gasteiger charge is 2.35. The Morgan fingerprint density at radius 2 is 1.60 bits per heavy atom. The Labute approximate surface area is 206 Å². The van der Waals surface area contributed by atoms with Crippen LogP contribution in [0.15, 0.2) is 48.5 Å². The number of carboxylic acid groups (broad SMARTS) is 1. The molecule has 0 unspecified atom stereocenters. The van der Waals surface area contributed by atoms with Crippen LogP contribution in [0.5, 0.6) is 0 Å². The number of aliphatic carboxylic acids is 1. The molecule has 2 amide bonds. The smallest absolute Gasteiger partial charge is 0.407 e. The van der Waals surface area contributed by atoms with Gasteiger partial charge in [-0.05, 0) is 48.4 Å². The lowest BCUT2D eigenvalue weighted by atomic mass is 9.78. The molecule has 0 radical (unpaired) electrons. The lowest BCUT2D eigenvalue weighted by Crippen LogP contribution is -2.50. The van der Waals surface area contributed by atoms with Crippen LogP contribution in [0.25, 0.3) is 11.1 Å². The third kappa shape index (κ3) is 6.02. The van der Waals surface area contributed by atoms with Crippen LogP contribution in [0.3, 0.4) is 0 Å². The van der Waals surface area contributed by atoms with Crippen LogP contribution >= 0.6 is 0 Å². The molecule has 2 aliphatic rings. The van der Waals surface area contributed by atoms with E-state index in [2.05, 4.69) is 34.9 Å². The van der Waals surface area contributed by atoms with E-state index in [9.17, 15) is 14.4 Å². The number of benzene rings is 2. The normalized spacial score (nSPS) is 17.1. The van der Waals surface area contributed by atoms with Gasteiger partial charge in [0.05, 0.1) is 6.42 Å². The van der Waals surface area contributed by atoms with E-state index in [0.29, 0.717) is 6.42 Å². The number of nitrogens with one attached hydrogen (secondary N) is 2. The number of ether oxygens (including phenoxy) is 1. The van der Waals surface area contributed by atoms with Crippen LogP contribution in [0, 0.1) is 0 Å². The Morgan fingerprint density at radius 1 is 1.00 bits per heavy atom. The summed E-state index contributed by atoms with van der Waals surface area (Å²) in [4.78, 5) is 36.2. The number of carbonyl (C=O) groups is 3. The molecule has 0 saturated heterocycles. The first-order valence-corrected chi connectivity index (χ1v) is 12.5. The van der Waals surface area contributed by atoms with Gasteiger partial charge in [0.15, 0.2) is 0 Å². The van der Waals surface area contributed by atoms with E-state index >= 15 is 0 Å². The number of rotatable bonds is 9. The summed E-state index contributed by atoms with van der Waals surface area (Å²) in [5.41, 5.74) is 4.23. The third-order valence-corrected chi connectivity index (χ3v) is 7.24. The largest absolute Gasteiger partial charge is 0.481 e. The van der Waals surface area contributed by atoms with Gasteiger partial charge in [-0.25, -0.2) is 4.79 Å². The van der Waals surface area contributed by atoms with Crippen molar-refractivity contribution in [2.24, 2.45) is 0 Å². The van der Waals surface area contributed by atoms with Crippen molar-refractivity contribution < 1.29 is 24.2 Å².